The first kappa shape index (κ1) is 13.0. The molecule has 1 saturated heterocycles. The van der Waals surface area contributed by atoms with Crippen molar-refractivity contribution in [2.45, 2.75) is 19.8 Å². The summed E-state index contributed by atoms with van der Waals surface area (Å²) < 4.78 is 9.75. The van der Waals surface area contributed by atoms with Crippen LogP contribution in [0, 0.1) is 5.92 Å². The summed E-state index contributed by atoms with van der Waals surface area (Å²) in [7, 11) is 1.38. The second kappa shape index (κ2) is 6.48. The Morgan fingerprint density at radius 2 is 2.19 bits per heavy atom. The van der Waals surface area contributed by atoms with Crippen molar-refractivity contribution in [3.63, 3.8) is 0 Å². The molecular weight excluding hydrogens is 210 g/mol. The van der Waals surface area contributed by atoms with Gasteiger partial charge in [0.05, 0.1) is 13.0 Å². The Morgan fingerprint density at radius 3 is 2.81 bits per heavy atom. The standard InChI is InChI=1S/C11H19NO4/c1-3-16-8-10(13)12-6-4-5-9(7-12)11(14)15-2/h9H,3-8H2,1-2H3. The normalized spacial score (nSPS) is 20.6. The summed E-state index contributed by atoms with van der Waals surface area (Å²) in [6.07, 6.45) is 1.64. The number of ether oxygens (including phenoxy) is 2. The van der Waals surface area contributed by atoms with Gasteiger partial charge in [-0.1, -0.05) is 0 Å². The average Bonchev–Trinajstić information content (AvgIpc) is 2.35. The number of methoxy groups -OCH3 is 1. The van der Waals surface area contributed by atoms with Crippen LogP contribution in [0.25, 0.3) is 0 Å². The van der Waals surface area contributed by atoms with E-state index in [1.54, 1.807) is 4.90 Å². The van der Waals surface area contributed by atoms with Crippen molar-refractivity contribution in [2.75, 3.05) is 33.4 Å². The predicted molar refractivity (Wildman–Crippen MR) is 57.8 cm³/mol. The van der Waals surface area contributed by atoms with Crippen molar-refractivity contribution in [2.24, 2.45) is 5.92 Å². The third-order valence-electron chi connectivity index (χ3n) is 2.74. The highest BCUT2D eigenvalue weighted by Crippen LogP contribution is 2.17. The van der Waals surface area contributed by atoms with Crippen molar-refractivity contribution >= 4 is 11.9 Å². The molecule has 0 bridgehead atoms. The molecule has 1 aliphatic heterocycles. The van der Waals surface area contributed by atoms with Gasteiger partial charge in [0.2, 0.25) is 5.91 Å². The smallest absolute Gasteiger partial charge is 0.310 e. The summed E-state index contributed by atoms with van der Waals surface area (Å²) in [5.74, 6) is -0.450. The fourth-order valence-electron chi connectivity index (χ4n) is 1.84. The summed E-state index contributed by atoms with van der Waals surface area (Å²) >= 11 is 0. The zero-order valence-electron chi connectivity index (χ0n) is 9.90. The molecular formula is C11H19NO4. The molecule has 1 rings (SSSR count). The molecule has 0 spiro atoms. The SMILES string of the molecule is CCOCC(=O)N1CCCC(C(=O)OC)C1. The van der Waals surface area contributed by atoms with Crippen LogP contribution in [0.2, 0.25) is 0 Å². The van der Waals surface area contributed by atoms with Gasteiger partial charge in [-0.2, -0.15) is 0 Å². The highest BCUT2D eigenvalue weighted by atomic mass is 16.5. The zero-order valence-corrected chi connectivity index (χ0v) is 9.90. The summed E-state index contributed by atoms with van der Waals surface area (Å²) in [5, 5.41) is 0. The number of piperidine rings is 1. The maximum Gasteiger partial charge on any atom is 0.310 e. The molecule has 1 atom stereocenters. The van der Waals surface area contributed by atoms with Crippen LogP contribution in [0.5, 0.6) is 0 Å². The van der Waals surface area contributed by atoms with Gasteiger partial charge in [-0.25, -0.2) is 0 Å². The lowest BCUT2D eigenvalue weighted by atomic mass is 9.98. The Labute approximate surface area is 95.7 Å². The lowest BCUT2D eigenvalue weighted by Crippen LogP contribution is -2.44. The molecule has 1 aliphatic rings. The Bertz CT molecular complexity index is 254. The third kappa shape index (κ3) is 3.48. The third-order valence-corrected chi connectivity index (χ3v) is 2.74. The number of carbonyl (C=O) groups excluding carboxylic acids is 2. The molecule has 5 nitrogen and oxygen atoms in total. The lowest BCUT2D eigenvalue weighted by molar-refractivity contribution is -0.149. The van der Waals surface area contributed by atoms with Crippen LogP contribution >= 0.6 is 0 Å². The first-order valence-electron chi connectivity index (χ1n) is 5.62. The van der Waals surface area contributed by atoms with E-state index in [0.29, 0.717) is 19.7 Å². The molecule has 0 saturated carbocycles. The first-order chi connectivity index (χ1) is 7.69. The van der Waals surface area contributed by atoms with E-state index < -0.39 is 0 Å². The molecule has 16 heavy (non-hydrogen) atoms. The van der Waals surface area contributed by atoms with Crippen LogP contribution in [0.3, 0.4) is 0 Å². The van der Waals surface area contributed by atoms with Crippen LogP contribution in [0.4, 0.5) is 0 Å². The van der Waals surface area contributed by atoms with Crippen molar-refractivity contribution < 1.29 is 19.1 Å². The van der Waals surface area contributed by atoms with E-state index in [9.17, 15) is 9.59 Å². The maximum absolute atomic E-state index is 11.7. The van der Waals surface area contributed by atoms with Gasteiger partial charge in [-0.15, -0.1) is 0 Å². The largest absolute Gasteiger partial charge is 0.469 e. The lowest BCUT2D eigenvalue weighted by Gasteiger charge is -2.31. The maximum atomic E-state index is 11.7. The van der Waals surface area contributed by atoms with Crippen LogP contribution in [0.15, 0.2) is 0 Å². The van der Waals surface area contributed by atoms with Gasteiger partial charge in [0.25, 0.3) is 0 Å². The molecule has 0 aromatic rings. The Balaban J connectivity index is 2.43. The summed E-state index contributed by atoms with van der Waals surface area (Å²) in [4.78, 5) is 24.7. The molecule has 0 aromatic carbocycles. The summed E-state index contributed by atoms with van der Waals surface area (Å²) in [5.41, 5.74) is 0. The number of hydrogen-bond acceptors (Lipinski definition) is 4. The van der Waals surface area contributed by atoms with Gasteiger partial charge < -0.3 is 14.4 Å². The number of amides is 1. The van der Waals surface area contributed by atoms with E-state index in [-0.39, 0.29) is 24.4 Å². The summed E-state index contributed by atoms with van der Waals surface area (Å²) in [6, 6.07) is 0. The molecule has 1 fully saturated rings. The Hall–Kier alpha value is -1.10. The fraction of sp³-hybridized carbons (Fsp3) is 0.818. The minimum Gasteiger partial charge on any atom is -0.469 e. The van der Waals surface area contributed by atoms with E-state index in [2.05, 4.69) is 0 Å². The number of esters is 1. The summed E-state index contributed by atoms with van der Waals surface area (Å²) in [6.45, 7) is 3.64. The minimum absolute atomic E-state index is 0.0459. The van der Waals surface area contributed by atoms with Crippen LogP contribution in [-0.4, -0.2) is 50.2 Å². The highest BCUT2D eigenvalue weighted by Gasteiger charge is 2.28. The number of likely N-dealkylation sites (tertiary alicyclic amines) is 1. The molecule has 0 N–H and O–H groups in total. The fourth-order valence-corrected chi connectivity index (χ4v) is 1.84. The molecule has 5 heteroatoms. The number of rotatable bonds is 4. The van der Waals surface area contributed by atoms with Crippen LogP contribution < -0.4 is 0 Å². The zero-order chi connectivity index (χ0) is 12.0. The second-order valence-electron chi connectivity index (χ2n) is 3.84. The van der Waals surface area contributed by atoms with E-state index in [1.165, 1.54) is 7.11 Å². The van der Waals surface area contributed by atoms with E-state index in [1.807, 2.05) is 6.92 Å². The van der Waals surface area contributed by atoms with E-state index in [0.717, 1.165) is 12.8 Å². The van der Waals surface area contributed by atoms with Gasteiger partial charge in [0.15, 0.2) is 0 Å². The van der Waals surface area contributed by atoms with Crippen molar-refractivity contribution in [1.82, 2.24) is 4.90 Å². The molecule has 0 aliphatic carbocycles. The quantitative estimate of drug-likeness (QED) is 0.656. The average molecular weight is 229 g/mol. The van der Waals surface area contributed by atoms with Gasteiger partial charge in [0, 0.05) is 19.7 Å². The van der Waals surface area contributed by atoms with Crippen LogP contribution in [0.1, 0.15) is 19.8 Å². The molecule has 0 radical (unpaired) electrons. The Morgan fingerprint density at radius 1 is 1.44 bits per heavy atom. The number of nitrogens with zero attached hydrogens (tertiary/aromatic N) is 1. The van der Waals surface area contributed by atoms with Crippen molar-refractivity contribution in [3.05, 3.63) is 0 Å². The second-order valence-corrected chi connectivity index (χ2v) is 3.84. The van der Waals surface area contributed by atoms with Crippen molar-refractivity contribution in [1.29, 1.82) is 0 Å². The number of hydrogen-bond donors (Lipinski definition) is 0. The van der Waals surface area contributed by atoms with Gasteiger partial charge in [0.1, 0.15) is 6.61 Å². The molecule has 1 amide bonds. The minimum atomic E-state index is -0.228. The van der Waals surface area contributed by atoms with Gasteiger partial charge >= 0.3 is 5.97 Å². The topological polar surface area (TPSA) is 55.8 Å². The predicted octanol–water partition coefficient (Wildman–Crippen LogP) is 0.435. The Kier molecular flexibility index (Phi) is 5.25. The molecule has 0 aromatic heterocycles. The molecule has 92 valence electrons. The monoisotopic (exact) mass is 229 g/mol. The first-order valence-corrected chi connectivity index (χ1v) is 5.62. The van der Waals surface area contributed by atoms with Crippen LogP contribution in [-0.2, 0) is 19.1 Å². The van der Waals surface area contributed by atoms with E-state index >= 15 is 0 Å². The van der Waals surface area contributed by atoms with E-state index in [4.69, 9.17) is 9.47 Å². The number of carbonyl (C=O) groups is 2. The van der Waals surface area contributed by atoms with Gasteiger partial charge in [-0.3, -0.25) is 9.59 Å². The molecule has 1 heterocycles. The van der Waals surface area contributed by atoms with Gasteiger partial charge in [-0.05, 0) is 19.8 Å². The van der Waals surface area contributed by atoms with Crippen molar-refractivity contribution in [3.8, 4) is 0 Å². The highest BCUT2D eigenvalue weighted by molar-refractivity contribution is 5.79. The molecule has 1 unspecified atom stereocenters.